The molecule has 164 valence electrons. The van der Waals surface area contributed by atoms with Crippen molar-refractivity contribution in [3.05, 3.63) is 35.5 Å². The lowest BCUT2D eigenvalue weighted by molar-refractivity contribution is -0.138. The molecule has 3 rings (SSSR count). The summed E-state index contributed by atoms with van der Waals surface area (Å²) < 4.78 is 16.6. The van der Waals surface area contributed by atoms with Gasteiger partial charge in [0.1, 0.15) is 11.4 Å². The minimum Gasteiger partial charge on any atom is -0.494 e. The van der Waals surface area contributed by atoms with Crippen LogP contribution in [-0.4, -0.2) is 73.8 Å². The van der Waals surface area contributed by atoms with E-state index in [0.29, 0.717) is 50.5 Å². The molecule has 1 saturated heterocycles. The molecule has 0 aromatic heterocycles. The molecule has 2 unspecified atom stereocenters. The van der Waals surface area contributed by atoms with E-state index in [-0.39, 0.29) is 24.0 Å². The molecule has 2 amide bonds. The van der Waals surface area contributed by atoms with Crippen LogP contribution in [0.2, 0.25) is 0 Å². The first kappa shape index (κ1) is 22.3. The van der Waals surface area contributed by atoms with Crippen LogP contribution in [0, 0.1) is 0 Å². The van der Waals surface area contributed by atoms with Crippen molar-refractivity contribution < 1.29 is 23.8 Å². The molecule has 0 saturated carbocycles. The molecular formula is C23H32N2O5. The van der Waals surface area contributed by atoms with Crippen molar-refractivity contribution in [3.8, 4) is 5.75 Å². The Morgan fingerprint density at radius 2 is 1.70 bits per heavy atom. The first-order valence-electron chi connectivity index (χ1n) is 10.7. The number of methoxy groups -OCH3 is 1. The zero-order valence-electron chi connectivity index (χ0n) is 18.3. The maximum Gasteiger partial charge on any atom is 0.277 e. The van der Waals surface area contributed by atoms with E-state index >= 15 is 0 Å². The Morgan fingerprint density at radius 1 is 1.03 bits per heavy atom. The van der Waals surface area contributed by atoms with E-state index < -0.39 is 0 Å². The minimum atomic E-state index is -0.250. The maximum atomic E-state index is 13.3. The van der Waals surface area contributed by atoms with Crippen LogP contribution in [0.15, 0.2) is 30.0 Å². The molecule has 1 fully saturated rings. The number of morpholine rings is 1. The Bertz CT molecular complexity index is 779. The third-order valence-electron chi connectivity index (χ3n) is 5.23. The fourth-order valence-corrected chi connectivity index (χ4v) is 3.99. The summed E-state index contributed by atoms with van der Waals surface area (Å²) in [5.74, 6) is 0.268. The smallest absolute Gasteiger partial charge is 0.277 e. The van der Waals surface area contributed by atoms with E-state index in [4.69, 9.17) is 14.2 Å². The number of benzene rings is 1. The molecule has 2 atom stereocenters. The lowest BCUT2D eigenvalue weighted by Gasteiger charge is -2.37. The van der Waals surface area contributed by atoms with Gasteiger partial charge in [0.05, 0.1) is 24.4 Å². The minimum absolute atomic E-state index is 0.0160. The Balaban J connectivity index is 1.95. The molecular weight excluding hydrogens is 384 g/mol. The normalized spacial score (nSPS) is 22.3. The highest BCUT2D eigenvalue weighted by Gasteiger charge is 2.42. The molecule has 2 heterocycles. The van der Waals surface area contributed by atoms with Crippen LogP contribution in [-0.2, 0) is 19.1 Å². The van der Waals surface area contributed by atoms with Gasteiger partial charge in [0.2, 0.25) is 0 Å². The summed E-state index contributed by atoms with van der Waals surface area (Å²) in [6.07, 6.45) is 1.50. The Hall–Kier alpha value is -2.38. The number of carbonyl (C=O) groups is 2. The lowest BCUT2D eigenvalue weighted by Crippen LogP contribution is -2.47. The fraction of sp³-hybridized carbons (Fsp3) is 0.565. The first-order chi connectivity index (χ1) is 14.5. The van der Waals surface area contributed by atoms with Crippen molar-refractivity contribution in [2.24, 2.45) is 0 Å². The fourth-order valence-electron chi connectivity index (χ4n) is 3.99. The quantitative estimate of drug-likeness (QED) is 0.455. The summed E-state index contributed by atoms with van der Waals surface area (Å²) in [6.45, 7) is 8.65. The van der Waals surface area contributed by atoms with Gasteiger partial charge in [-0.05, 0) is 44.4 Å². The summed E-state index contributed by atoms with van der Waals surface area (Å²) in [5, 5.41) is 0. The highest BCUT2D eigenvalue weighted by atomic mass is 16.5. The van der Waals surface area contributed by atoms with Gasteiger partial charge < -0.3 is 19.1 Å². The van der Waals surface area contributed by atoms with Crippen LogP contribution < -0.4 is 4.74 Å². The van der Waals surface area contributed by atoms with Crippen molar-refractivity contribution >= 4 is 17.4 Å². The lowest BCUT2D eigenvalue weighted by atomic mass is 10.0. The molecule has 0 aliphatic carbocycles. The molecule has 1 aromatic rings. The summed E-state index contributed by atoms with van der Waals surface area (Å²) >= 11 is 0. The number of ether oxygens (including phenoxy) is 3. The monoisotopic (exact) mass is 416 g/mol. The van der Waals surface area contributed by atoms with Crippen molar-refractivity contribution in [2.45, 2.75) is 45.8 Å². The van der Waals surface area contributed by atoms with Crippen molar-refractivity contribution in [3.63, 3.8) is 0 Å². The third-order valence-corrected chi connectivity index (χ3v) is 5.23. The second-order valence-electron chi connectivity index (χ2n) is 7.87. The van der Waals surface area contributed by atoms with Gasteiger partial charge in [0.25, 0.3) is 11.8 Å². The molecule has 2 aliphatic heterocycles. The molecule has 30 heavy (non-hydrogen) atoms. The highest BCUT2D eigenvalue weighted by Crippen LogP contribution is 2.34. The van der Waals surface area contributed by atoms with Gasteiger partial charge in [-0.15, -0.1) is 0 Å². The number of imide groups is 1. The standard InChI is InChI=1S/C23H32N2O5/c1-5-12-29-19-9-7-18(8-10-19)20-21(24-14-16(2)30-17(3)15-24)23(27)25(22(20)26)11-6-13-28-4/h7-10,16-17H,5-6,11-15H2,1-4H3. The first-order valence-corrected chi connectivity index (χ1v) is 10.7. The Morgan fingerprint density at radius 3 is 2.30 bits per heavy atom. The topological polar surface area (TPSA) is 68.3 Å². The summed E-state index contributed by atoms with van der Waals surface area (Å²) in [7, 11) is 1.61. The van der Waals surface area contributed by atoms with Crippen LogP contribution in [0.4, 0.5) is 0 Å². The van der Waals surface area contributed by atoms with Gasteiger partial charge in [0.15, 0.2) is 0 Å². The van der Waals surface area contributed by atoms with Crippen molar-refractivity contribution in [2.75, 3.05) is 40.0 Å². The number of rotatable bonds is 9. The van der Waals surface area contributed by atoms with Crippen molar-refractivity contribution in [1.29, 1.82) is 0 Å². The van der Waals surface area contributed by atoms with E-state index in [9.17, 15) is 9.59 Å². The van der Waals surface area contributed by atoms with E-state index in [0.717, 1.165) is 17.7 Å². The van der Waals surface area contributed by atoms with Crippen molar-refractivity contribution in [1.82, 2.24) is 9.80 Å². The number of hydrogen-bond donors (Lipinski definition) is 0. The van der Waals surface area contributed by atoms with Gasteiger partial charge in [-0.3, -0.25) is 14.5 Å². The van der Waals surface area contributed by atoms with Gasteiger partial charge in [-0.1, -0.05) is 19.1 Å². The number of nitrogens with zero attached hydrogens (tertiary/aromatic N) is 2. The number of carbonyl (C=O) groups excluding carboxylic acids is 2. The van der Waals surface area contributed by atoms with Crippen LogP contribution >= 0.6 is 0 Å². The zero-order valence-corrected chi connectivity index (χ0v) is 18.3. The molecule has 0 spiro atoms. The Kier molecular flexibility index (Phi) is 7.50. The predicted octanol–water partition coefficient (Wildman–Crippen LogP) is 2.70. The van der Waals surface area contributed by atoms with E-state index in [1.54, 1.807) is 7.11 Å². The zero-order chi connectivity index (χ0) is 21.7. The average molecular weight is 417 g/mol. The Labute approximate surface area is 178 Å². The van der Waals surface area contributed by atoms with Gasteiger partial charge >= 0.3 is 0 Å². The molecule has 1 aromatic carbocycles. The van der Waals surface area contributed by atoms with Gasteiger partial charge in [-0.25, -0.2) is 0 Å². The highest BCUT2D eigenvalue weighted by molar-refractivity contribution is 6.35. The summed E-state index contributed by atoms with van der Waals surface area (Å²) in [6, 6.07) is 7.42. The summed E-state index contributed by atoms with van der Waals surface area (Å²) in [4.78, 5) is 30.0. The van der Waals surface area contributed by atoms with E-state index in [2.05, 4.69) is 6.92 Å². The molecule has 0 bridgehead atoms. The second-order valence-corrected chi connectivity index (χ2v) is 7.87. The largest absolute Gasteiger partial charge is 0.494 e. The number of hydrogen-bond acceptors (Lipinski definition) is 6. The third kappa shape index (κ3) is 4.84. The molecule has 2 aliphatic rings. The maximum absolute atomic E-state index is 13.3. The van der Waals surface area contributed by atoms with Crippen LogP contribution in [0.25, 0.3) is 5.57 Å². The number of amides is 2. The summed E-state index contributed by atoms with van der Waals surface area (Å²) in [5.41, 5.74) is 1.66. The predicted molar refractivity (Wildman–Crippen MR) is 114 cm³/mol. The van der Waals surface area contributed by atoms with Crippen LogP contribution in [0.1, 0.15) is 39.2 Å². The van der Waals surface area contributed by atoms with E-state index in [1.165, 1.54) is 4.90 Å². The van der Waals surface area contributed by atoms with Crippen LogP contribution in [0.5, 0.6) is 5.75 Å². The van der Waals surface area contributed by atoms with Gasteiger partial charge in [0, 0.05) is 33.4 Å². The molecule has 0 radical (unpaired) electrons. The van der Waals surface area contributed by atoms with Crippen LogP contribution in [0.3, 0.4) is 0 Å². The second kappa shape index (κ2) is 10.1. The SMILES string of the molecule is CCCOc1ccc(C2=C(N3CC(C)OC(C)C3)C(=O)N(CCCOC)C2=O)cc1. The average Bonchev–Trinajstić information content (AvgIpc) is 2.97. The van der Waals surface area contributed by atoms with E-state index in [1.807, 2.05) is 43.0 Å². The molecule has 7 heteroatoms. The molecule has 0 N–H and O–H groups in total. The molecule has 7 nitrogen and oxygen atoms in total. The van der Waals surface area contributed by atoms with Gasteiger partial charge in [-0.2, -0.15) is 0 Å².